The Morgan fingerprint density at radius 3 is 2.28 bits per heavy atom. The number of carbonyl (C=O) groups is 1. The van der Waals surface area contributed by atoms with E-state index in [1.165, 1.54) is 5.69 Å². The van der Waals surface area contributed by atoms with Crippen LogP contribution in [-0.4, -0.2) is 32.1 Å². The minimum Gasteiger partial charge on any atom is -0.369 e. The van der Waals surface area contributed by atoms with E-state index >= 15 is 0 Å². The quantitative estimate of drug-likeness (QED) is 0.833. The molecule has 0 aliphatic carbocycles. The lowest BCUT2D eigenvalue weighted by atomic mass is 9.84. The van der Waals surface area contributed by atoms with Gasteiger partial charge >= 0.3 is 0 Å². The molecule has 1 aliphatic rings. The minimum absolute atomic E-state index is 0.294. The van der Waals surface area contributed by atoms with Gasteiger partial charge in [-0.05, 0) is 31.5 Å². The Labute approximate surface area is 108 Å². The second-order valence-corrected chi connectivity index (χ2v) is 5.27. The number of nitrogens with two attached hydrogens (primary N) is 1. The molecule has 0 spiro atoms. The fraction of sp³-hybridized carbons (Fsp3) is 0.500. The molecular weight excluding hydrogens is 226 g/mol. The summed E-state index contributed by atoms with van der Waals surface area (Å²) in [6.45, 7) is 7.81. The molecule has 3 N–H and O–H groups in total. The molecule has 0 atom stereocenters. The number of nitrogens with one attached hydrogen (secondary N) is 1. The van der Waals surface area contributed by atoms with E-state index in [1.54, 1.807) is 0 Å². The van der Waals surface area contributed by atoms with Gasteiger partial charge in [-0.2, -0.15) is 0 Å². The van der Waals surface area contributed by atoms with Gasteiger partial charge < -0.3 is 16.0 Å². The average Bonchev–Trinajstić information content (AvgIpc) is 2.40. The van der Waals surface area contributed by atoms with Crippen LogP contribution in [0.5, 0.6) is 0 Å². The van der Waals surface area contributed by atoms with E-state index in [9.17, 15) is 4.79 Å². The highest BCUT2D eigenvalue weighted by Gasteiger charge is 2.27. The maximum absolute atomic E-state index is 11.4. The maximum atomic E-state index is 11.4. The average molecular weight is 247 g/mol. The van der Waals surface area contributed by atoms with Crippen LogP contribution in [0.4, 0.5) is 5.69 Å². The molecule has 2 rings (SSSR count). The molecular formula is C14H21N3O. The zero-order chi connectivity index (χ0) is 13.2. The molecule has 1 heterocycles. The molecule has 0 unspecified atom stereocenters. The van der Waals surface area contributed by atoms with Crippen molar-refractivity contribution in [2.75, 3.05) is 31.1 Å². The lowest BCUT2D eigenvalue weighted by Gasteiger charge is -2.30. The van der Waals surface area contributed by atoms with Crippen molar-refractivity contribution in [3.05, 3.63) is 29.8 Å². The van der Waals surface area contributed by atoms with Gasteiger partial charge in [0.25, 0.3) is 0 Å². The van der Waals surface area contributed by atoms with Crippen molar-refractivity contribution in [1.29, 1.82) is 0 Å². The van der Waals surface area contributed by atoms with E-state index in [0.717, 1.165) is 31.7 Å². The molecule has 0 bridgehead atoms. The van der Waals surface area contributed by atoms with Gasteiger partial charge in [-0.1, -0.05) is 12.1 Å². The highest BCUT2D eigenvalue weighted by Crippen LogP contribution is 2.25. The summed E-state index contributed by atoms with van der Waals surface area (Å²) in [6.07, 6.45) is 0. The van der Waals surface area contributed by atoms with Crippen LogP contribution in [0.2, 0.25) is 0 Å². The first-order valence-corrected chi connectivity index (χ1v) is 6.38. The Morgan fingerprint density at radius 2 is 1.78 bits per heavy atom. The predicted octanol–water partition coefficient (Wildman–Crippen LogP) is 0.859. The molecule has 4 heteroatoms. The van der Waals surface area contributed by atoms with Crippen molar-refractivity contribution < 1.29 is 4.79 Å². The SMILES string of the molecule is CC(C)(C(N)=O)c1ccc(N2CCNCC2)cc1. The fourth-order valence-electron chi connectivity index (χ4n) is 2.15. The Hall–Kier alpha value is -1.55. The first kappa shape index (κ1) is 12.9. The lowest BCUT2D eigenvalue weighted by Crippen LogP contribution is -2.43. The molecule has 98 valence electrons. The van der Waals surface area contributed by atoms with Crippen molar-refractivity contribution in [2.45, 2.75) is 19.3 Å². The van der Waals surface area contributed by atoms with Crippen molar-refractivity contribution in [3.63, 3.8) is 0 Å². The molecule has 1 aliphatic heterocycles. The van der Waals surface area contributed by atoms with Gasteiger partial charge in [0.15, 0.2) is 0 Å². The van der Waals surface area contributed by atoms with Gasteiger partial charge in [0, 0.05) is 31.9 Å². The molecule has 18 heavy (non-hydrogen) atoms. The second kappa shape index (κ2) is 4.98. The number of hydrogen-bond acceptors (Lipinski definition) is 3. The number of piperazine rings is 1. The largest absolute Gasteiger partial charge is 0.369 e. The number of carbonyl (C=O) groups excluding carboxylic acids is 1. The van der Waals surface area contributed by atoms with Crippen molar-refractivity contribution in [1.82, 2.24) is 5.32 Å². The van der Waals surface area contributed by atoms with E-state index in [2.05, 4.69) is 22.3 Å². The number of anilines is 1. The van der Waals surface area contributed by atoms with Crippen LogP contribution >= 0.6 is 0 Å². The van der Waals surface area contributed by atoms with E-state index in [1.807, 2.05) is 26.0 Å². The van der Waals surface area contributed by atoms with Crippen LogP contribution in [0, 0.1) is 0 Å². The van der Waals surface area contributed by atoms with Crippen LogP contribution < -0.4 is 16.0 Å². The predicted molar refractivity (Wildman–Crippen MR) is 73.7 cm³/mol. The molecule has 0 saturated carbocycles. The standard InChI is InChI=1S/C14H21N3O/c1-14(2,13(15)18)11-3-5-12(6-4-11)17-9-7-16-8-10-17/h3-6,16H,7-10H2,1-2H3,(H2,15,18). The summed E-state index contributed by atoms with van der Waals surface area (Å²) in [7, 11) is 0. The summed E-state index contributed by atoms with van der Waals surface area (Å²) in [5, 5.41) is 3.33. The monoisotopic (exact) mass is 247 g/mol. The van der Waals surface area contributed by atoms with E-state index < -0.39 is 5.41 Å². The summed E-state index contributed by atoms with van der Waals surface area (Å²) in [5.74, 6) is -0.294. The van der Waals surface area contributed by atoms with Crippen LogP contribution in [-0.2, 0) is 10.2 Å². The van der Waals surface area contributed by atoms with Crippen molar-refractivity contribution in [2.24, 2.45) is 5.73 Å². The number of benzene rings is 1. The number of amides is 1. The van der Waals surface area contributed by atoms with Gasteiger partial charge in [-0.15, -0.1) is 0 Å². The van der Waals surface area contributed by atoms with Gasteiger partial charge in [-0.3, -0.25) is 4.79 Å². The minimum atomic E-state index is -0.609. The fourth-order valence-corrected chi connectivity index (χ4v) is 2.15. The summed E-state index contributed by atoms with van der Waals surface area (Å²) in [6, 6.07) is 8.15. The van der Waals surface area contributed by atoms with Crippen LogP contribution in [0.25, 0.3) is 0 Å². The van der Waals surface area contributed by atoms with E-state index in [4.69, 9.17) is 5.73 Å². The Bertz CT molecular complexity index is 419. The van der Waals surface area contributed by atoms with Crippen LogP contribution in [0.15, 0.2) is 24.3 Å². The first-order chi connectivity index (χ1) is 8.51. The molecule has 1 aromatic carbocycles. The van der Waals surface area contributed by atoms with Gasteiger partial charge in [0.05, 0.1) is 5.41 Å². The van der Waals surface area contributed by atoms with Crippen molar-refractivity contribution in [3.8, 4) is 0 Å². The highest BCUT2D eigenvalue weighted by molar-refractivity contribution is 5.85. The molecule has 1 saturated heterocycles. The molecule has 1 amide bonds. The van der Waals surface area contributed by atoms with Crippen LogP contribution in [0.1, 0.15) is 19.4 Å². The Kier molecular flexibility index (Phi) is 3.57. The summed E-state index contributed by atoms with van der Waals surface area (Å²) in [4.78, 5) is 13.8. The number of hydrogen-bond donors (Lipinski definition) is 2. The molecule has 0 radical (unpaired) electrons. The third-order valence-electron chi connectivity index (χ3n) is 3.69. The number of nitrogens with zero attached hydrogens (tertiary/aromatic N) is 1. The second-order valence-electron chi connectivity index (χ2n) is 5.27. The normalized spacial score (nSPS) is 16.7. The zero-order valence-corrected chi connectivity index (χ0v) is 11.1. The molecule has 4 nitrogen and oxygen atoms in total. The molecule has 0 aromatic heterocycles. The smallest absolute Gasteiger partial charge is 0.227 e. The Morgan fingerprint density at radius 1 is 1.22 bits per heavy atom. The first-order valence-electron chi connectivity index (χ1n) is 6.38. The topological polar surface area (TPSA) is 58.4 Å². The third-order valence-corrected chi connectivity index (χ3v) is 3.69. The van der Waals surface area contributed by atoms with Gasteiger partial charge in [0.2, 0.25) is 5.91 Å². The Balaban J connectivity index is 2.17. The summed E-state index contributed by atoms with van der Waals surface area (Å²) >= 11 is 0. The third kappa shape index (κ3) is 2.48. The molecule has 1 aromatic rings. The lowest BCUT2D eigenvalue weighted by molar-refractivity contribution is -0.122. The maximum Gasteiger partial charge on any atom is 0.227 e. The summed E-state index contributed by atoms with van der Waals surface area (Å²) < 4.78 is 0. The van der Waals surface area contributed by atoms with Crippen molar-refractivity contribution >= 4 is 11.6 Å². The molecule has 1 fully saturated rings. The van der Waals surface area contributed by atoms with Crippen LogP contribution in [0.3, 0.4) is 0 Å². The van der Waals surface area contributed by atoms with E-state index in [0.29, 0.717) is 0 Å². The number of primary amides is 1. The zero-order valence-electron chi connectivity index (χ0n) is 11.1. The van der Waals surface area contributed by atoms with Gasteiger partial charge in [0.1, 0.15) is 0 Å². The van der Waals surface area contributed by atoms with Gasteiger partial charge in [-0.25, -0.2) is 0 Å². The van der Waals surface area contributed by atoms with E-state index in [-0.39, 0.29) is 5.91 Å². The number of rotatable bonds is 3. The summed E-state index contributed by atoms with van der Waals surface area (Å²) in [5.41, 5.74) is 6.99. The highest BCUT2D eigenvalue weighted by atomic mass is 16.1.